The van der Waals surface area contributed by atoms with E-state index < -0.39 is 12.0 Å². The Morgan fingerprint density at radius 1 is 0.885 bits per heavy atom. The van der Waals surface area contributed by atoms with Crippen LogP contribution >= 0.6 is 11.6 Å². The van der Waals surface area contributed by atoms with E-state index in [1.165, 1.54) is 6.07 Å². The Morgan fingerprint density at radius 3 is 2.27 bits per heavy atom. The lowest BCUT2D eigenvalue weighted by atomic mass is 10.2. The first-order chi connectivity index (χ1) is 12.4. The van der Waals surface area contributed by atoms with E-state index in [2.05, 4.69) is 20.2 Å². The van der Waals surface area contributed by atoms with Crippen LogP contribution in [0.1, 0.15) is 5.82 Å². The second kappa shape index (κ2) is 6.31. The average Bonchev–Trinajstić information content (AvgIpc) is 3.06. The van der Waals surface area contributed by atoms with Crippen LogP contribution in [0.15, 0.2) is 36.4 Å². The number of hydrogen-bond acceptors (Lipinski definition) is 5. The zero-order valence-corrected chi connectivity index (χ0v) is 14.2. The van der Waals surface area contributed by atoms with Gasteiger partial charge in [0.2, 0.25) is 0 Å². The number of rotatable bonds is 2. The molecule has 3 aromatic rings. The van der Waals surface area contributed by atoms with E-state index in [1.807, 2.05) is 29.2 Å². The largest absolute Gasteiger partial charge is 0.453 e. The number of hydrogen-bond donors (Lipinski definition) is 0. The van der Waals surface area contributed by atoms with Gasteiger partial charge in [-0.15, -0.1) is 15.3 Å². The van der Waals surface area contributed by atoms with Gasteiger partial charge in [0.15, 0.2) is 5.65 Å². The van der Waals surface area contributed by atoms with E-state index in [0.29, 0.717) is 37.0 Å². The lowest BCUT2D eigenvalue weighted by Gasteiger charge is -2.37. The van der Waals surface area contributed by atoms with Crippen molar-refractivity contribution in [2.24, 2.45) is 0 Å². The normalized spacial score (nSPS) is 15.7. The van der Waals surface area contributed by atoms with Gasteiger partial charge in [-0.25, -0.2) is 0 Å². The van der Waals surface area contributed by atoms with Crippen molar-refractivity contribution in [1.82, 2.24) is 19.8 Å². The van der Waals surface area contributed by atoms with Gasteiger partial charge in [-0.1, -0.05) is 23.7 Å². The molecule has 10 heteroatoms. The molecule has 6 nitrogen and oxygen atoms in total. The zero-order valence-electron chi connectivity index (χ0n) is 13.5. The Balaban J connectivity index is 1.55. The molecule has 0 aliphatic carbocycles. The maximum absolute atomic E-state index is 13.0. The highest BCUT2D eigenvalue weighted by Gasteiger charge is 2.37. The van der Waals surface area contributed by atoms with Crippen LogP contribution in [0.2, 0.25) is 5.02 Å². The summed E-state index contributed by atoms with van der Waals surface area (Å²) in [6.07, 6.45) is -4.60. The SMILES string of the molecule is FC(F)(F)c1nnc2ccc(N3CCN(c4ccccc4Cl)CC3)nn12. The van der Waals surface area contributed by atoms with Gasteiger partial charge in [0, 0.05) is 26.2 Å². The van der Waals surface area contributed by atoms with Crippen molar-refractivity contribution >= 4 is 28.8 Å². The number of halogens is 4. The highest BCUT2D eigenvalue weighted by molar-refractivity contribution is 6.33. The molecule has 0 saturated carbocycles. The average molecular weight is 383 g/mol. The van der Waals surface area contributed by atoms with Crippen LogP contribution in [0.3, 0.4) is 0 Å². The van der Waals surface area contributed by atoms with Crippen molar-refractivity contribution in [1.29, 1.82) is 0 Å². The summed E-state index contributed by atoms with van der Waals surface area (Å²) in [6.45, 7) is 2.62. The zero-order chi connectivity index (χ0) is 18.3. The lowest BCUT2D eigenvalue weighted by Crippen LogP contribution is -2.47. The van der Waals surface area contributed by atoms with Crippen molar-refractivity contribution in [2.45, 2.75) is 6.18 Å². The van der Waals surface area contributed by atoms with Crippen LogP contribution in [0.5, 0.6) is 0 Å². The molecule has 0 bridgehead atoms. The van der Waals surface area contributed by atoms with Gasteiger partial charge in [0.25, 0.3) is 5.82 Å². The molecule has 0 unspecified atom stereocenters. The first-order valence-electron chi connectivity index (χ1n) is 7.97. The summed E-state index contributed by atoms with van der Waals surface area (Å²) in [5.74, 6) is -0.661. The monoisotopic (exact) mass is 382 g/mol. The second-order valence-corrected chi connectivity index (χ2v) is 6.32. The van der Waals surface area contributed by atoms with Crippen molar-refractivity contribution in [3.05, 3.63) is 47.2 Å². The van der Waals surface area contributed by atoms with Gasteiger partial charge in [0.1, 0.15) is 5.82 Å². The van der Waals surface area contributed by atoms with Crippen LogP contribution in [0.4, 0.5) is 24.7 Å². The molecule has 136 valence electrons. The smallest absolute Gasteiger partial charge is 0.367 e. The number of aromatic nitrogens is 4. The molecule has 1 saturated heterocycles. The number of nitrogens with zero attached hydrogens (tertiary/aromatic N) is 6. The molecule has 1 aliphatic heterocycles. The Hall–Kier alpha value is -2.55. The summed E-state index contributed by atoms with van der Waals surface area (Å²) in [5, 5.41) is 11.5. The molecule has 0 N–H and O–H groups in total. The fraction of sp³-hybridized carbons (Fsp3) is 0.312. The molecule has 0 atom stereocenters. The molecule has 3 heterocycles. The number of anilines is 2. The van der Waals surface area contributed by atoms with E-state index in [-0.39, 0.29) is 5.65 Å². The fourth-order valence-corrected chi connectivity index (χ4v) is 3.26. The maximum Gasteiger partial charge on any atom is 0.453 e. The molecule has 0 amide bonds. The van der Waals surface area contributed by atoms with Crippen LogP contribution in [0, 0.1) is 0 Å². The van der Waals surface area contributed by atoms with E-state index in [4.69, 9.17) is 11.6 Å². The second-order valence-electron chi connectivity index (χ2n) is 5.91. The Kier molecular flexibility index (Phi) is 4.10. The van der Waals surface area contributed by atoms with Crippen molar-refractivity contribution in [2.75, 3.05) is 36.0 Å². The minimum Gasteiger partial charge on any atom is -0.367 e. The third-order valence-corrected chi connectivity index (χ3v) is 4.62. The van der Waals surface area contributed by atoms with Crippen molar-refractivity contribution in [3.8, 4) is 0 Å². The number of fused-ring (bicyclic) bond motifs is 1. The molecule has 4 rings (SSSR count). The maximum atomic E-state index is 13.0. The first kappa shape index (κ1) is 16.9. The number of para-hydroxylation sites is 1. The molecule has 1 fully saturated rings. The molecule has 1 aliphatic rings. The van der Waals surface area contributed by atoms with Crippen LogP contribution in [0.25, 0.3) is 5.65 Å². The van der Waals surface area contributed by atoms with E-state index in [1.54, 1.807) is 6.07 Å². The van der Waals surface area contributed by atoms with Crippen LogP contribution in [-0.2, 0) is 6.18 Å². The Morgan fingerprint density at radius 2 is 1.58 bits per heavy atom. The molecule has 26 heavy (non-hydrogen) atoms. The highest BCUT2D eigenvalue weighted by atomic mass is 35.5. The van der Waals surface area contributed by atoms with Gasteiger partial charge in [0.05, 0.1) is 10.7 Å². The van der Waals surface area contributed by atoms with Gasteiger partial charge in [-0.2, -0.15) is 17.7 Å². The molecule has 1 aromatic carbocycles. The Labute approximate surface area is 151 Å². The van der Waals surface area contributed by atoms with E-state index in [0.717, 1.165) is 10.2 Å². The summed E-state index contributed by atoms with van der Waals surface area (Å²) in [6, 6.07) is 10.7. The number of piperazine rings is 1. The molecule has 0 spiro atoms. The van der Waals surface area contributed by atoms with Gasteiger partial charge in [-0.05, 0) is 24.3 Å². The predicted octanol–water partition coefficient (Wildman–Crippen LogP) is 3.12. The third kappa shape index (κ3) is 3.03. The van der Waals surface area contributed by atoms with E-state index in [9.17, 15) is 13.2 Å². The Bertz CT molecular complexity index is 933. The summed E-state index contributed by atoms with van der Waals surface area (Å²) in [4.78, 5) is 4.09. The molecule has 0 radical (unpaired) electrons. The third-order valence-electron chi connectivity index (χ3n) is 4.30. The molecule has 2 aromatic heterocycles. The highest BCUT2D eigenvalue weighted by Crippen LogP contribution is 2.29. The number of benzene rings is 1. The lowest BCUT2D eigenvalue weighted by molar-refractivity contribution is -0.146. The standard InChI is InChI=1S/C16H14ClF3N6/c17-11-3-1-2-4-12(11)24-7-9-25(10-8-24)14-6-5-13-21-22-15(16(18,19)20)26(13)23-14/h1-6H,7-10H2. The topological polar surface area (TPSA) is 49.6 Å². The number of alkyl halides is 3. The minimum atomic E-state index is -4.60. The minimum absolute atomic E-state index is 0.0655. The molecular weight excluding hydrogens is 369 g/mol. The van der Waals surface area contributed by atoms with Gasteiger partial charge < -0.3 is 9.80 Å². The predicted molar refractivity (Wildman–Crippen MR) is 91.7 cm³/mol. The summed E-state index contributed by atoms with van der Waals surface area (Å²) >= 11 is 6.23. The van der Waals surface area contributed by atoms with Crippen molar-refractivity contribution in [3.63, 3.8) is 0 Å². The van der Waals surface area contributed by atoms with Gasteiger partial charge >= 0.3 is 6.18 Å². The molecular formula is C16H14ClF3N6. The van der Waals surface area contributed by atoms with Crippen LogP contribution in [-0.4, -0.2) is 46.0 Å². The van der Waals surface area contributed by atoms with Crippen molar-refractivity contribution < 1.29 is 13.2 Å². The fourth-order valence-electron chi connectivity index (χ4n) is 3.01. The summed E-state index contributed by atoms with van der Waals surface area (Å²) in [5.41, 5.74) is 1.02. The van der Waals surface area contributed by atoms with Gasteiger partial charge in [-0.3, -0.25) is 0 Å². The van der Waals surface area contributed by atoms with E-state index >= 15 is 0 Å². The van der Waals surface area contributed by atoms with Crippen LogP contribution < -0.4 is 9.80 Å². The quantitative estimate of drug-likeness (QED) is 0.681. The summed E-state index contributed by atoms with van der Waals surface area (Å²) in [7, 11) is 0. The summed E-state index contributed by atoms with van der Waals surface area (Å²) < 4.78 is 39.8. The first-order valence-corrected chi connectivity index (χ1v) is 8.35.